The number of halogens is 2. The lowest BCUT2D eigenvalue weighted by Crippen LogP contribution is -2.47. The predicted molar refractivity (Wildman–Crippen MR) is 146 cm³/mol. The summed E-state index contributed by atoms with van der Waals surface area (Å²) in [6.45, 7) is 5.27. The first kappa shape index (κ1) is 28.0. The quantitative estimate of drug-likeness (QED) is 0.452. The minimum absolute atomic E-state index is 0.0341. The zero-order chi connectivity index (χ0) is 27.6. The fourth-order valence-electron chi connectivity index (χ4n) is 6.48. The third kappa shape index (κ3) is 5.68. The van der Waals surface area contributed by atoms with E-state index in [4.69, 9.17) is 4.74 Å². The van der Waals surface area contributed by atoms with Gasteiger partial charge >= 0.3 is 0 Å². The van der Waals surface area contributed by atoms with Crippen LogP contribution in [-0.4, -0.2) is 90.0 Å². The van der Waals surface area contributed by atoms with Gasteiger partial charge in [0.05, 0.1) is 29.8 Å². The number of carbonyl (C=O) groups excluding carboxylic acids is 2. The Morgan fingerprint density at radius 1 is 1.31 bits per heavy atom. The number of hydrogen-bond donors (Lipinski definition) is 2. The van der Waals surface area contributed by atoms with Crippen molar-refractivity contribution in [2.24, 2.45) is 11.3 Å². The second-order valence-corrected chi connectivity index (χ2v) is 12.3. The number of benzene rings is 1. The molecule has 39 heavy (non-hydrogen) atoms. The number of fused-ring (bicyclic) bond motifs is 2. The number of anilines is 1. The lowest BCUT2D eigenvalue weighted by molar-refractivity contribution is -0.137. The van der Waals surface area contributed by atoms with Gasteiger partial charge in [-0.25, -0.2) is 8.78 Å². The molecule has 2 heterocycles. The van der Waals surface area contributed by atoms with Crippen LogP contribution in [0.25, 0.3) is 0 Å². The normalized spacial score (nSPS) is 32.1. The number of alkyl halides is 2. The van der Waals surface area contributed by atoms with Crippen LogP contribution in [0.2, 0.25) is 0 Å². The monoisotopic (exact) mass is 561 g/mol. The Morgan fingerprint density at radius 3 is 2.82 bits per heavy atom. The summed E-state index contributed by atoms with van der Waals surface area (Å²) in [5.74, 6) is -0.0980. The van der Waals surface area contributed by atoms with E-state index in [2.05, 4.69) is 21.6 Å². The van der Waals surface area contributed by atoms with Crippen LogP contribution in [-0.2, 0) is 9.59 Å². The van der Waals surface area contributed by atoms with Crippen molar-refractivity contribution in [2.75, 3.05) is 44.6 Å². The van der Waals surface area contributed by atoms with E-state index in [-0.39, 0.29) is 23.1 Å². The molecule has 2 saturated carbocycles. The molecule has 4 aliphatic rings. The first-order valence-corrected chi connectivity index (χ1v) is 15.0. The molecule has 0 aromatic heterocycles. The second-order valence-electron chi connectivity index (χ2n) is 10.9. The first-order valence-electron chi connectivity index (χ1n) is 14.0. The molecule has 0 radical (unpaired) electrons. The predicted octanol–water partition coefficient (Wildman–Crippen LogP) is 3.35. The van der Waals surface area contributed by atoms with Crippen molar-refractivity contribution in [3.8, 4) is 11.8 Å². The summed E-state index contributed by atoms with van der Waals surface area (Å²) in [6, 6.07) is 9.59. The summed E-state index contributed by atoms with van der Waals surface area (Å²) in [6.07, 6.45) is 2.07. The van der Waals surface area contributed by atoms with Crippen LogP contribution in [0.3, 0.4) is 0 Å². The topological polar surface area (TPSA) is 97.7 Å². The average molecular weight is 562 g/mol. The number of nitriles is 1. The average Bonchev–Trinajstić information content (AvgIpc) is 3.28. The number of likely N-dealkylation sites (tertiary alicyclic amines) is 1. The molecule has 1 aromatic carbocycles. The van der Waals surface area contributed by atoms with Crippen molar-refractivity contribution >= 4 is 29.3 Å². The van der Waals surface area contributed by atoms with Crippen LogP contribution in [0.5, 0.6) is 5.75 Å². The molecule has 212 valence electrons. The van der Waals surface area contributed by atoms with Gasteiger partial charge in [0.2, 0.25) is 11.8 Å². The molecule has 8 nitrogen and oxygen atoms in total. The minimum atomic E-state index is -2.70. The highest BCUT2D eigenvalue weighted by molar-refractivity contribution is 8.01. The van der Waals surface area contributed by atoms with Gasteiger partial charge in [-0.2, -0.15) is 5.26 Å². The number of carbonyl (C=O) groups is 2. The van der Waals surface area contributed by atoms with E-state index < -0.39 is 35.6 Å². The lowest BCUT2D eigenvalue weighted by Gasteiger charge is -2.37. The van der Waals surface area contributed by atoms with Crippen molar-refractivity contribution in [1.29, 1.82) is 5.26 Å². The van der Waals surface area contributed by atoms with Gasteiger partial charge in [-0.1, -0.05) is 6.07 Å². The van der Waals surface area contributed by atoms with Gasteiger partial charge in [-0.15, -0.1) is 11.8 Å². The Bertz CT molecular complexity index is 1100. The molecule has 2 N–H and O–H groups in total. The third-order valence-corrected chi connectivity index (χ3v) is 10.3. The largest absolute Gasteiger partial charge is 0.492 e. The van der Waals surface area contributed by atoms with E-state index in [1.807, 2.05) is 31.2 Å². The summed E-state index contributed by atoms with van der Waals surface area (Å²) in [7, 11) is 0. The molecule has 4 fully saturated rings. The Balaban J connectivity index is 1.23. The third-order valence-electron chi connectivity index (χ3n) is 8.54. The van der Waals surface area contributed by atoms with Gasteiger partial charge in [0, 0.05) is 36.1 Å². The smallest absolute Gasteiger partial charge is 0.255 e. The molecular formula is C28H37F2N5O3S. The molecule has 6 atom stereocenters. The first-order chi connectivity index (χ1) is 18.9. The van der Waals surface area contributed by atoms with E-state index in [9.17, 15) is 23.6 Å². The van der Waals surface area contributed by atoms with Gasteiger partial charge in [-0.05, 0) is 64.3 Å². The Morgan fingerprint density at radius 2 is 2.10 bits per heavy atom. The van der Waals surface area contributed by atoms with Crippen molar-refractivity contribution in [2.45, 2.75) is 68.0 Å². The van der Waals surface area contributed by atoms with Gasteiger partial charge in [0.25, 0.3) is 6.43 Å². The summed E-state index contributed by atoms with van der Waals surface area (Å²) in [5, 5.41) is 15.4. The van der Waals surface area contributed by atoms with E-state index >= 15 is 0 Å². The van der Waals surface area contributed by atoms with E-state index in [1.54, 1.807) is 4.90 Å². The van der Waals surface area contributed by atoms with E-state index in [0.717, 1.165) is 37.5 Å². The molecular weight excluding hydrogens is 524 g/mol. The van der Waals surface area contributed by atoms with E-state index in [0.29, 0.717) is 26.0 Å². The fraction of sp³-hybridized carbons (Fsp3) is 0.679. The number of rotatable bonds is 10. The highest BCUT2D eigenvalue weighted by Gasteiger charge is 2.76. The number of amides is 2. The Labute approximate surface area is 232 Å². The zero-order valence-electron chi connectivity index (χ0n) is 22.3. The molecule has 0 spiro atoms. The molecule has 2 aliphatic carbocycles. The highest BCUT2D eigenvalue weighted by atomic mass is 32.2. The van der Waals surface area contributed by atoms with Gasteiger partial charge in [0.15, 0.2) is 5.41 Å². The standard InChI is InChI=1S/C28H37F2N5O3S/c1-2-35-24-25(28(24,17-31)27(37)32-16-23(29)30)39-22-15-19(8-9-21(22)26(35)36)33-18-6-5-7-20(14-18)38-13-12-34-10-3-4-11-34/h5-7,14,19,21-25,33H,2-4,8-13,15-16H2,1H3,(H,32,37)/t19?,21?,22?,24?,25-,28?/m1/s1. The molecule has 0 bridgehead atoms. The maximum atomic E-state index is 13.6. The number of nitrogens with zero attached hydrogens (tertiary/aromatic N) is 3. The maximum absolute atomic E-state index is 13.6. The van der Waals surface area contributed by atoms with Crippen LogP contribution < -0.4 is 15.4 Å². The van der Waals surface area contributed by atoms with Crippen LogP contribution in [0.4, 0.5) is 14.5 Å². The number of ether oxygens (including phenoxy) is 1. The number of nitrogens with one attached hydrogen (secondary N) is 2. The highest BCUT2D eigenvalue weighted by Crippen LogP contribution is 2.61. The molecule has 11 heteroatoms. The van der Waals surface area contributed by atoms with Crippen molar-refractivity contribution in [1.82, 2.24) is 15.1 Å². The van der Waals surface area contributed by atoms with Crippen molar-refractivity contribution < 1.29 is 23.1 Å². The summed E-state index contributed by atoms with van der Waals surface area (Å²) in [4.78, 5) is 30.5. The Kier molecular flexibility index (Phi) is 8.52. The molecule has 5 rings (SSSR count). The maximum Gasteiger partial charge on any atom is 0.255 e. The summed E-state index contributed by atoms with van der Waals surface area (Å²) in [5.41, 5.74) is -0.531. The van der Waals surface area contributed by atoms with Crippen LogP contribution >= 0.6 is 11.8 Å². The van der Waals surface area contributed by atoms with E-state index in [1.165, 1.54) is 24.6 Å². The molecule has 2 amide bonds. The zero-order valence-corrected chi connectivity index (χ0v) is 23.1. The van der Waals surface area contributed by atoms with Gasteiger partial charge in [0.1, 0.15) is 12.4 Å². The minimum Gasteiger partial charge on any atom is -0.492 e. The van der Waals surface area contributed by atoms with Gasteiger partial charge < -0.3 is 20.3 Å². The molecule has 1 aromatic rings. The summed E-state index contributed by atoms with van der Waals surface area (Å²) < 4.78 is 31.5. The van der Waals surface area contributed by atoms with Gasteiger partial charge in [-0.3, -0.25) is 14.5 Å². The molecule has 2 saturated heterocycles. The molecule has 5 unspecified atom stereocenters. The second kappa shape index (κ2) is 11.9. The van der Waals surface area contributed by atoms with Crippen LogP contribution in [0, 0.1) is 22.7 Å². The van der Waals surface area contributed by atoms with Crippen molar-refractivity contribution in [3.63, 3.8) is 0 Å². The fourth-order valence-corrected chi connectivity index (χ4v) is 8.59. The van der Waals surface area contributed by atoms with Crippen LogP contribution in [0.15, 0.2) is 24.3 Å². The van der Waals surface area contributed by atoms with Crippen molar-refractivity contribution in [3.05, 3.63) is 24.3 Å². The summed E-state index contributed by atoms with van der Waals surface area (Å²) >= 11 is 1.52. The Hall–Kier alpha value is -2.58. The SMILES string of the molecule is CCN1C(=O)C2CCC(Nc3cccc(OCCN4CCCC4)c3)CC2S[C@@H]2C1C2(C#N)C(=O)NCC(F)F. The number of hydrogen-bond acceptors (Lipinski definition) is 7. The molecule has 2 aliphatic heterocycles. The number of thioether (sulfide) groups is 1. The van der Waals surface area contributed by atoms with Crippen LogP contribution in [0.1, 0.15) is 39.0 Å². The lowest BCUT2D eigenvalue weighted by atomic mass is 9.84.